The second-order valence-electron chi connectivity index (χ2n) is 3.38. The fourth-order valence-electron chi connectivity index (χ4n) is 1.37. The van der Waals surface area contributed by atoms with Crippen LogP contribution in [0.5, 0.6) is 5.75 Å². The smallest absolute Gasteiger partial charge is 0.118 e. The van der Waals surface area contributed by atoms with Gasteiger partial charge in [-0.2, -0.15) is 0 Å². The van der Waals surface area contributed by atoms with Gasteiger partial charge >= 0.3 is 0 Å². The van der Waals surface area contributed by atoms with E-state index >= 15 is 0 Å². The first-order valence-corrected chi connectivity index (χ1v) is 7.35. The Bertz CT molecular complexity index is 491. The average molecular weight is 374 g/mol. The van der Waals surface area contributed by atoms with E-state index < -0.39 is 0 Å². The Morgan fingerprint density at radius 2 is 1.47 bits per heavy atom. The Kier molecular flexibility index (Phi) is 4.54. The van der Waals surface area contributed by atoms with Crippen LogP contribution in [0.25, 0.3) is 0 Å². The first-order valence-electron chi connectivity index (χ1n) is 4.95. The molecule has 2 aromatic rings. The van der Waals surface area contributed by atoms with Gasteiger partial charge < -0.3 is 4.74 Å². The van der Waals surface area contributed by atoms with Gasteiger partial charge in [0.25, 0.3) is 0 Å². The molecular formula is C13H10Br2OS. The van der Waals surface area contributed by atoms with E-state index in [1.165, 1.54) is 9.79 Å². The molecule has 0 aliphatic heterocycles. The molecule has 0 spiro atoms. The fourth-order valence-corrected chi connectivity index (χ4v) is 3.88. The van der Waals surface area contributed by atoms with Crippen LogP contribution in [-0.4, -0.2) is 7.11 Å². The molecule has 0 aliphatic rings. The summed E-state index contributed by atoms with van der Waals surface area (Å²) in [6.45, 7) is 0. The molecule has 0 fully saturated rings. The highest BCUT2D eigenvalue weighted by Gasteiger charge is 2.01. The van der Waals surface area contributed by atoms with Crippen molar-refractivity contribution >= 4 is 43.6 Å². The quantitative estimate of drug-likeness (QED) is 0.715. The molecule has 0 saturated carbocycles. The van der Waals surface area contributed by atoms with Crippen LogP contribution in [0.1, 0.15) is 0 Å². The summed E-state index contributed by atoms with van der Waals surface area (Å²) in [6.07, 6.45) is 0. The summed E-state index contributed by atoms with van der Waals surface area (Å²) in [5, 5.41) is 0. The summed E-state index contributed by atoms with van der Waals surface area (Å²) >= 11 is 8.69. The molecular weight excluding hydrogens is 364 g/mol. The average Bonchev–Trinajstić information content (AvgIpc) is 2.28. The second kappa shape index (κ2) is 5.94. The SMILES string of the molecule is COc1ccc(Sc2cc(Br)cc(Br)c2)cc1. The Labute approximate surface area is 122 Å². The predicted octanol–water partition coefficient (Wildman–Crippen LogP) is 5.37. The minimum absolute atomic E-state index is 0.879. The fraction of sp³-hybridized carbons (Fsp3) is 0.0769. The van der Waals surface area contributed by atoms with E-state index in [0.717, 1.165) is 14.7 Å². The van der Waals surface area contributed by atoms with Gasteiger partial charge in [0.05, 0.1) is 7.11 Å². The third-order valence-corrected chi connectivity index (χ3v) is 4.03. The molecule has 0 aromatic heterocycles. The second-order valence-corrected chi connectivity index (χ2v) is 6.36. The molecule has 88 valence electrons. The van der Waals surface area contributed by atoms with Crippen LogP contribution in [0, 0.1) is 0 Å². The molecule has 0 heterocycles. The molecule has 0 unspecified atom stereocenters. The summed E-state index contributed by atoms with van der Waals surface area (Å²) in [5.41, 5.74) is 0. The zero-order valence-electron chi connectivity index (χ0n) is 9.11. The van der Waals surface area contributed by atoms with E-state index in [1.54, 1.807) is 18.9 Å². The van der Waals surface area contributed by atoms with Gasteiger partial charge in [-0.25, -0.2) is 0 Å². The van der Waals surface area contributed by atoms with Crippen molar-refractivity contribution in [3.63, 3.8) is 0 Å². The lowest BCUT2D eigenvalue weighted by Gasteiger charge is -2.04. The van der Waals surface area contributed by atoms with Crippen molar-refractivity contribution in [2.45, 2.75) is 9.79 Å². The van der Waals surface area contributed by atoms with Crippen molar-refractivity contribution in [1.29, 1.82) is 0 Å². The highest BCUT2D eigenvalue weighted by Crippen LogP contribution is 2.32. The molecule has 0 amide bonds. The van der Waals surface area contributed by atoms with Crippen LogP contribution in [0.2, 0.25) is 0 Å². The zero-order chi connectivity index (χ0) is 12.3. The summed E-state index contributed by atoms with van der Waals surface area (Å²) in [4.78, 5) is 2.38. The van der Waals surface area contributed by atoms with E-state index in [1.807, 2.05) is 18.2 Å². The molecule has 0 atom stereocenters. The van der Waals surface area contributed by atoms with Crippen molar-refractivity contribution in [2.24, 2.45) is 0 Å². The summed E-state index contributed by atoms with van der Waals surface area (Å²) in [7, 11) is 1.67. The van der Waals surface area contributed by atoms with Crippen molar-refractivity contribution < 1.29 is 4.74 Å². The van der Waals surface area contributed by atoms with E-state index in [4.69, 9.17) is 4.74 Å². The van der Waals surface area contributed by atoms with Crippen molar-refractivity contribution in [1.82, 2.24) is 0 Å². The Morgan fingerprint density at radius 3 is 2.00 bits per heavy atom. The molecule has 2 aromatic carbocycles. The number of hydrogen-bond acceptors (Lipinski definition) is 2. The largest absolute Gasteiger partial charge is 0.497 e. The zero-order valence-corrected chi connectivity index (χ0v) is 13.1. The maximum Gasteiger partial charge on any atom is 0.118 e. The van der Waals surface area contributed by atoms with Gasteiger partial charge in [0, 0.05) is 18.7 Å². The molecule has 0 aliphatic carbocycles. The maximum atomic E-state index is 5.13. The predicted molar refractivity (Wildman–Crippen MR) is 79.0 cm³/mol. The number of hydrogen-bond donors (Lipinski definition) is 0. The first kappa shape index (κ1) is 13.0. The lowest BCUT2D eigenvalue weighted by molar-refractivity contribution is 0.414. The van der Waals surface area contributed by atoms with Gasteiger partial charge in [0.15, 0.2) is 0 Å². The van der Waals surface area contributed by atoms with Gasteiger partial charge in [0.1, 0.15) is 5.75 Å². The van der Waals surface area contributed by atoms with Crippen molar-refractivity contribution in [3.05, 3.63) is 51.4 Å². The maximum absolute atomic E-state index is 5.13. The highest BCUT2D eigenvalue weighted by molar-refractivity contribution is 9.11. The number of rotatable bonds is 3. The molecule has 1 nitrogen and oxygen atoms in total. The first-order chi connectivity index (χ1) is 8.17. The summed E-state index contributed by atoms with van der Waals surface area (Å²) in [5.74, 6) is 0.879. The van der Waals surface area contributed by atoms with Crippen LogP contribution < -0.4 is 4.74 Å². The van der Waals surface area contributed by atoms with Gasteiger partial charge in [-0.1, -0.05) is 43.6 Å². The van der Waals surface area contributed by atoms with E-state index in [9.17, 15) is 0 Å². The van der Waals surface area contributed by atoms with E-state index in [-0.39, 0.29) is 0 Å². The third-order valence-electron chi connectivity index (χ3n) is 2.13. The van der Waals surface area contributed by atoms with Crippen LogP contribution in [0.15, 0.2) is 61.2 Å². The minimum atomic E-state index is 0.879. The molecule has 0 N–H and O–H groups in total. The lowest BCUT2D eigenvalue weighted by Crippen LogP contribution is -1.81. The Hall–Kier alpha value is -0.450. The normalized spacial score (nSPS) is 10.3. The van der Waals surface area contributed by atoms with Gasteiger partial charge in [-0.15, -0.1) is 0 Å². The molecule has 0 saturated heterocycles. The third kappa shape index (κ3) is 3.76. The number of methoxy groups -OCH3 is 1. The van der Waals surface area contributed by atoms with Crippen LogP contribution >= 0.6 is 43.6 Å². The van der Waals surface area contributed by atoms with Crippen LogP contribution in [0.3, 0.4) is 0 Å². The minimum Gasteiger partial charge on any atom is -0.497 e. The van der Waals surface area contributed by atoms with E-state index in [0.29, 0.717) is 0 Å². The molecule has 2 rings (SSSR count). The standard InChI is InChI=1S/C13H10Br2OS/c1-16-11-2-4-12(5-3-11)17-13-7-9(14)6-10(15)8-13/h2-8H,1H3. The molecule has 0 bridgehead atoms. The number of halogens is 2. The van der Waals surface area contributed by atoms with E-state index in [2.05, 4.69) is 56.1 Å². The van der Waals surface area contributed by atoms with Gasteiger partial charge in [0.2, 0.25) is 0 Å². The Morgan fingerprint density at radius 1 is 0.882 bits per heavy atom. The molecule has 17 heavy (non-hydrogen) atoms. The number of benzene rings is 2. The molecule has 0 radical (unpaired) electrons. The monoisotopic (exact) mass is 372 g/mol. The Balaban J connectivity index is 2.19. The number of ether oxygens (including phenoxy) is 1. The van der Waals surface area contributed by atoms with Gasteiger partial charge in [-0.3, -0.25) is 0 Å². The van der Waals surface area contributed by atoms with Crippen LogP contribution in [0.4, 0.5) is 0 Å². The summed E-state index contributed by atoms with van der Waals surface area (Å²) < 4.78 is 7.28. The lowest BCUT2D eigenvalue weighted by atomic mass is 10.3. The topological polar surface area (TPSA) is 9.23 Å². The van der Waals surface area contributed by atoms with Crippen molar-refractivity contribution in [3.8, 4) is 5.75 Å². The molecule has 4 heteroatoms. The van der Waals surface area contributed by atoms with Crippen LogP contribution in [-0.2, 0) is 0 Å². The highest BCUT2D eigenvalue weighted by atomic mass is 79.9. The summed E-state index contributed by atoms with van der Waals surface area (Å²) in [6, 6.07) is 14.3. The van der Waals surface area contributed by atoms with Gasteiger partial charge in [-0.05, 0) is 42.5 Å². The van der Waals surface area contributed by atoms with Crippen molar-refractivity contribution in [2.75, 3.05) is 7.11 Å².